The van der Waals surface area contributed by atoms with Gasteiger partial charge in [0, 0.05) is 12.0 Å². The van der Waals surface area contributed by atoms with E-state index in [9.17, 15) is 18.0 Å². The van der Waals surface area contributed by atoms with Crippen LogP contribution in [0, 0.1) is 0 Å². The summed E-state index contributed by atoms with van der Waals surface area (Å²) in [6.45, 7) is 5.31. The van der Waals surface area contributed by atoms with Gasteiger partial charge in [0.05, 0.1) is 0 Å². The van der Waals surface area contributed by atoms with Crippen molar-refractivity contribution >= 4 is 16.7 Å². The minimum Gasteiger partial charge on any atom is -0.287 e. The molecular formula is C19H21F3N2O. The van der Waals surface area contributed by atoms with Crippen molar-refractivity contribution < 1.29 is 18.0 Å². The molecule has 1 aliphatic heterocycles. The first-order chi connectivity index (χ1) is 11.6. The molecule has 1 unspecified atom stereocenters. The van der Waals surface area contributed by atoms with Gasteiger partial charge >= 0.3 is 6.18 Å². The molecule has 1 N–H and O–H groups in total. The van der Waals surface area contributed by atoms with Crippen LogP contribution in [-0.4, -0.2) is 22.6 Å². The summed E-state index contributed by atoms with van der Waals surface area (Å²) in [5, 5.41) is 2.71. The van der Waals surface area contributed by atoms with Gasteiger partial charge < -0.3 is 0 Å². The van der Waals surface area contributed by atoms with Gasteiger partial charge in [0.1, 0.15) is 0 Å². The number of hydrogen-bond acceptors (Lipinski definition) is 2. The SMILES string of the molecule is CCc1ccc2cc(C(N3NC(=O)CC3(C)C)C(F)(F)F)ccc2c1. The van der Waals surface area contributed by atoms with Crippen molar-refractivity contribution in [3.05, 3.63) is 47.5 Å². The molecule has 134 valence electrons. The third-order valence-corrected chi connectivity index (χ3v) is 4.71. The smallest absolute Gasteiger partial charge is 0.287 e. The number of benzene rings is 2. The summed E-state index contributed by atoms with van der Waals surface area (Å²) >= 11 is 0. The minimum absolute atomic E-state index is 0.0347. The molecule has 1 aliphatic rings. The third-order valence-electron chi connectivity index (χ3n) is 4.71. The van der Waals surface area contributed by atoms with Gasteiger partial charge in [-0.2, -0.15) is 18.2 Å². The van der Waals surface area contributed by atoms with Gasteiger partial charge in [-0.1, -0.05) is 37.3 Å². The molecule has 1 amide bonds. The molecule has 3 nitrogen and oxygen atoms in total. The molecule has 0 spiro atoms. The van der Waals surface area contributed by atoms with Crippen molar-refractivity contribution in [2.45, 2.75) is 51.4 Å². The van der Waals surface area contributed by atoms with Gasteiger partial charge in [-0.15, -0.1) is 0 Å². The number of aryl methyl sites for hydroxylation is 1. The van der Waals surface area contributed by atoms with Gasteiger partial charge in [-0.25, -0.2) is 0 Å². The normalized spacial score (nSPS) is 19.2. The third kappa shape index (κ3) is 3.35. The van der Waals surface area contributed by atoms with Crippen LogP contribution >= 0.6 is 0 Å². The van der Waals surface area contributed by atoms with Crippen molar-refractivity contribution in [1.29, 1.82) is 0 Å². The van der Waals surface area contributed by atoms with Crippen LogP contribution in [0.2, 0.25) is 0 Å². The fourth-order valence-corrected chi connectivity index (χ4v) is 3.41. The molecule has 1 atom stereocenters. The number of fused-ring (bicyclic) bond motifs is 1. The number of alkyl halides is 3. The van der Waals surface area contributed by atoms with E-state index in [1.54, 1.807) is 26.0 Å². The Morgan fingerprint density at radius 1 is 1.16 bits per heavy atom. The molecule has 1 fully saturated rings. The molecule has 0 aromatic heterocycles. The number of amides is 1. The van der Waals surface area contributed by atoms with Crippen LogP contribution in [-0.2, 0) is 11.2 Å². The summed E-state index contributed by atoms with van der Waals surface area (Å²) in [5.74, 6) is -0.396. The summed E-state index contributed by atoms with van der Waals surface area (Å²) in [6, 6.07) is 8.66. The van der Waals surface area contributed by atoms with Crippen LogP contribution in [0.25, 0.3) is 10.8 Å². The zero-order valence-corrected chi connectivity index (χ0v) is 14.4. The van der Waals surface area contributed by atoms with Crippen LogP contribution in [0.5, 0.6) is 0 Å². The van der Waals surface area contributed by atoms with Gasteiger partial charge in [0.2, 0.25) is 5.91 Å². The second-order valence-corrected chi connectivity index (χ2v) is 7.13. The number of nitrogens with zero attached hydrogens (tertiary/aromatic N) is 1. The molecule has 0 aliphatic carbocycles. The molecular weight excluding hydrogens is 329 g/mol. The predicted molar refractivity (Wildman–Crippen MR) is 90.8 cm³/mol. The summed E-state index contributed by atoms with van der Waals surface area (Å²) in [5.41, 5.74) is 2.74. The van der Waals surface area contributed by atoms with E-state index >= 15 is 0 Å². The molecule has 2 aromatic carbocycles. The van der Waals surface area contributed by atoms with E-state index in [-0.39, 0.29) is 12.0 Å². The molecule has 3 rings (SSSR count). The van der Waals surface area contributed by atoms with E-state index in [2.05, 4.69) is 5.43 Å². The molecule has 1 heterocycles. The fraction of sp³-hybridized carbons (Fsp3) is 0.421. The second-order valence-electron chi connectivity index (χ2n) is 7.13. The van der Waals surface area contributed by atoms with Crippen LogP contribution in [0.15, 0.2) is 36.4 Å². The largest absolute Gasteiger partial charge is 0.409 e. The van der Waals surface area contributed by atoms with Crippen LogP contribution in [0.1, 0.15) is 44.4 Å². The van der Waals surface area contributed by atoms with Crippen molar-refractivity contribution in [3.63, 3.8) is 0 Å². The number of carbonyl (C=O) groups is 1. The highest BCUT2D eigenvalue weighted by Gasteiger charge is 2.52. The highest BCUT2D eigenvalue weighted by Crippen LogP contribution is 2.43. The van der Waals surface area contributed by atoms with Gasteiger partial charge in [0.15, 0.2) is 6.04 Å². The first-order valence-corrected chi connectivity index (χ1v) is 8.30. The number of hydrogen-bond donors (Lipinski definition) is 1. The average molecular weight is 350 g/mol. The lowest BCUT2D eigenvalue weighted by atomic mass is 9.95. The molecule has 2 aromatic rings. The van der Waals surface area contributed by atoms with Gasteiger partial charge in [-0.05, 0) is 48.2 Å². The summed E-state index contributed by atoms with van der Waals surface area (Å²) in [6.07, 6.45) is -3.60. The Morgan fingerprint density at radius 2 is 1.80 bits per heavy atom. The van der Waals surface area contributed by atoms with E-state index in [1.165, 1.54) is 6.07 Å². The maximum atomic E-state index is 13.9. The number of carbonyl (C=O) groups excluding carboxylic acids is 1. The maximum absolute atomic E-state index is 13.9. The lowest BCUT2D eigenvalue weighted by molar-refractivity contribution is -0.203. The molecule has 1 saturated heterocycles. The Labute approximate surface area is 144 Å². The van der Waals surface area contributed by atoms with Crippen LogP contribution < -0.4 is 5.43 Å². The van der Waals surface area contributed by atoms with Crippen molar-refractivity contribution in [3.8, 4) is 0 Å². The van der Waals surface area contributed by atoms with E-state index in [0.29, 0.717) is 0 Å². The monoisotopic (exact) mass is 350 g/mol. The second kappa shape index (κ2) is 6.02. The molecule has 25 heavy (non-hydrogen) atoms. The first kappa shape index (κ1) is 17.7. The molecule has 0 radical (unpaired) electrons. The number of hydrazine groups is 1. The van der Waals surface area contributed by atoms with E-state index < -0.39 is 23.7 Å². The Bertz CT molecular complexity index is 814. The van der Waals surface area contributed by atoms with Gasteiger partial charge in [-0.3, -0.25) is 10.2 Å². The number of halogens is 3. The number of rotatable bonds is 3. The van der Waals surface area contributed by atoms with Crippen molar-refractivity contribution in [2.24, 2.45) is 0 Å². The zero-order chi connectivity index (χ0) is 18.4. The van der Waals surface area contributed by atoms with Crippen LogP contribution in [0.4, 0.5) is 13.2 Å². The maximum Gasteiger partial charge on any atom is 0.409 e. The van der Waals surface area contributed by atoms with Crippen molar-refractivity contribution in [2.75, 3.05) is 0 Å². The molecule has 6 heteroatoms. The van der Waals surface area contributed by atoms with Crippen molar-refractivity contribution in [1.82, 2.24) is 10.4 Å². The molecule has 0 saturated carbocycles. The lowest BCUT2D eigenvalue weighted by Crippen LogP contribution is -2.51. The summed E-state index contributed by atoms with van der Waals surface area (Å²) < 4.78 is 41.6. The zero-order valence-electron chi connectivity index (χ0n) is 14.4. The van der Waals surface area contributed by atoms with E-state index in [1.807, 2.05) is 25.1 Å². The standard InChI is InChI=1S/C19H21F3N2O/c1-4-12-5-6-14-10-15(8-7-13(14)9-12)17(19(20,21)22)24-18(2,3)11-16(25)23-24/h5-10,17H,4,11H2,1-3H3,(H,23,25). The fourth-order valence-electron chi connectivity index (χ4n) is 3.41. The Balaban J connectivity index is 2.08. The number of nitrogens with one attached hydrogen (secondary N) is 1. The molecule has 0 bridgehead atoms. The Morgan fingerprint density at radius 3 is 2.36 bits per heavy atom. The average Bonchev–Trinajstić information content (AvgIpc) is 2.78. The predicted octanol–water partition coefficient (Wildman–Crippen LogP) is 4.52. The topological polar surface area (TPSA) is 32.3 Å². The van der Waals surface area contributed by atoms with Crippen LogP contribution in [0.3, 0.4) is 0 Å². The Kier molecular flexibility index (Phi) is 4.27. The highest BCUT2D eigenvalue weighted by atomic mass is 19.4. The Hall–Kier alpha value is -2.08. The van der Waals surface area contributed by atoms with Gasteiger partial charge in [0.25, 0.3) is 0 Å². The highest BCUT2D eigenvalue weighted by molar-refractivity contribution is 5.84. The lowest BCUT2D eigenvalue weighted by Gasteiger charge is -2.38. The van der Waals surface area contributed by atoms with E-state index in [4.69, 9.17) is 0 Å². The summed E-state index contributed by atoms with van der Waals surface area (Å²) in [4.78, 5) is 11.7. The quantitative estimate of drug-likeness (QED) is 0.883. The van der Waals surface area contributed by atoms with E-state index in [0.717, 1.165) is 27.8 Å². The first-order valence-electron chi connectivity index (χ1n) is 8.30. The minimum atomic E-state index is -4.51. The summed E-state index contributed by atoms with van der Waals surface area (Å²) in [7, 11) is 0.